The van der Waals surface area contributed by atoms with Gasteiger partial charge in [0, 0.05) is 6.42 Å². The third kappa shape index (κ3) is 7.07. The zero-order valence-corrected chi connectivity index (χ0v) is 8.01. The summed E-state index contributed by atoms with van der Waals surface area (Å²) in [5.74, 6) is 5.62. The van der Waals surface area contributed by atoms with Gasteiger partial charge in [-0.1, -0.05) is 25.7 Å². The van der Waals surface area contributed by atoms with E-state index in [4.69, 9.17) is 0 Å². The minimum absolute atomic E-state index is 0.0250. The fourth-order valence-corrected chi connectivity index (χ4v) is 0.781. The highest BCUT2D eigenvalue weighted by Gasteiger charge is 2.01. The van der Waals surface area contributed by atoms with Crippen molar-refractivity contribution in [1.29, 1.82) is 0 Å². The van der Waals surface area contributed by atoms with Crippen molar-refractivity contribution >= 4 is 0 Å². The highest BCUT2D eigenvalue weighted by atomic mass is 16.6. The number of hydrogen-bond acceptors (Lipinski definition) is 2. The molecule has 0 aromatic rings. The van der Waals surface area contributed by atoms with Gasteiger partial charge in [0.2, 0.25) is 0 Å². The van der Waals surface area contributed by atoms with Gasteiger partial charge in [-0.15, -0.1) is 5.92 Å². The molecule has 72 valence electrons. The lowest BCUT2D eigenvalue weighted by atomic mass is 10.2. The lowest BCUT2D eigenvalue weighted by Gasteiger charge is -1.89. The van der Waals surface area contributed by atoms with Crippen LogP contribution in [0.5, 0.6) is 0 Å². The third-order valence-electron chi connectivity index (χ3n) is 1.58. The molecule has 0 unspecified atom stereocenters. The molecule has 0 bridgehead atoms. The van der Waals surface area contributed by atoms with Crippen molar-refractivity contribution in [2.45, 2.75) is 39.0 Å². The number of nitrogens with zero attached hydrogens (tertiary/aromatic N) is 1. The lowest BCUT2D eigenvalue weighted by Crippen LogP contribution is -1.94. The van der Waals surface area contributed by atoms with Crippen molar-refractivity contribution in [3.63, 3.8) is 0 Å². The van der Waals surface area contributed by atoms with Gasteiger partial charge in [-0.05, 0) is 13.0 Å². The molecule has 3 heteroatoms. The van der Waals surface area contributed by atoms with Gasteiger partial charge in [0.05, 0.1) is 11.3 Å². The van der Waals surface area contributed by atoms with Crippen LogP contribution in [0.15, 0.2) is 12.3 Å². The van der Waals surface area contributed by atoms with Crippen LogP contribution in [0.4, 0.5) is 0 Å². The second kappa shape index (κ2) is 7.35. The molecule has 0 aliphatic rings. The summed E-state index contributed by atoms with van der Waals surface area (Å²) in [4.78, 5) is 9.62. The summed E-state index contributed by atoms with van der Waals surface area (Å²) in [6, 6.07) is 0. The first-order valence-electron chi connectivity index (χ1n) is 4.46. The van der Waals surface area contributed by atoms with Crippen LogP contribution in [-0.4, -0.2) is 4.92 Å². The summed E-state index contributed by atoms with van der Waals surface area (Å²) in [6.07, 6.45) is 4.43. The van der Waals surface area contributed by atoms with Gasteiger partial charge in [0.1, 0.15) is 0 Å². The fraction of sp³-hybridized carbons (Fsp3) is 0.600. The predicted molar refractivity (Wildman–Crippen MR) is 52.7 cm³/mol. The van der Waals surface area contributed by atoms with Crippen LogP contribution in [0.3, 0.4) is 0 Å². The third-order valence-corrected chi connectivity index (χ3v) is 1.58. The maximum Gasteiger partial charge on any atom is 0.250 e. The first-order chi connectivity index (χ1) is 6.18. The zero-order valence-electron chi connectivity index (χ0n) is 8.01. The largest absolute Gasteiger partial charge is 0.259 e. The van der Waals surface area contributed by atoms with E-state index in [-0.39, 0.29) is 12.1 Å². The Kier molecular flexibility index (Phi) is 6.62. The molecule has 0 saturated carbocycles. The van der Waals surface area contributed by atoms with Gasteiger partial charge in [0.25, 0.3) is 5.70 Å². The minimum atomic E-state index is -0.485. The maximum atomic E-state index is 10.1. The maximum absolute atomic E-state index is 10.1. The Hall–Kier alpha value is -1.30. The van der Waals surface area contributed by atoms with Gasteiger partial charge in [-0.25, -0.2) is 0 Å². The second-order valence-electron chi connectivity index (χ2n) is 2.81. The second-order valence-corrected chi connectivity index (χ2v) is 2.81. The summed E-state index contributed by atoms with van der Waals surface area (Å²) in [7, 11) is 0. The summed E-state index contributed by atoms with van der Waals surface area (Å²) < 4.78 is 0. The van der Waals surface area contributed by atoms with E-state index in [0.29, 0.717) is 0 Å². The van der Waals surface area contributed by atoms with E-state index >= 15 is 0 Å². The molecule has 13 heavy (non-hydrogen) atoms. The smallest absolute Gasteiger partial charge is 0.250 e. The van der Waals surface area contributed by atoms with Crippen LogP contribution < -0.4 is 0 Å². The van der Waals surface area contributed by atoms with Gasteiger partial charge in [0.15, 0.2) is 0 Å². The van der Waals surface area contributed by atoms with Crippen LogP contribution in [-0.2, 0) is 0 Å². The van der Waals surface area contributed by atoms with Crippen LogP contribution in [0.2, 0.25) is 0 Å². The quantitative estimate of drug-likeness (QED) is 0.283. The van der Waals surface area contributed by atoms with Crippen molar-refractivity contribution in [1.82, 2.24) is 0 Å². The van der Waals surface area contributed by atoms with Crippen LogP contribution in [0, 0.1) is 22.0 Å². The molecule has 0 spiro atoms. The molecule has 3 nitrogen and oxygen atoms in total. The van der Waals surface area contributed by atoms with Crippen molar-refractivity contribution in [3.8, 4) is 11.8 Å². The molecule has 0 aromatic heterocycles. The van der Waals surface area contributed by atoms with E-state index in [1.165, 1.54) is 12.8 Å². The average Bonchev–Trinajstić information content (AvgIpc) is 2.10. The van der Waals surface area contributed by atoms with E-state index in [9.17, 15) is 10.1 Å². The molecule has 0 rings (SSSR count). The van der Waals surface area contributed by atoms with Gasteiger partial charge < -0.3 is 0 Å². The summed E-state index contributed by atoms with van der Waals surface area (Å²) in [5.41, 5.74) is -0.0250. The SMILES string of the molecule is C=C(CC#CCCCCC)[N+](=O)[O-]. The summed E-state index contributed by atoms with van der Waals surface area (Å²) in [6.45, 7) is 5.41. The number of nitro groups is 1. The Balaban J connectivity index is 3.50. The molecular weight excluding hydrogens is 166 g/mol. The molecule has 0 atom stereocenters. The number of unbranched alkanes of at least 4 members (excludes halogenated alkanes) is 3. The Morgan fingerprint density at radius 3 is 2.69 bits per heavy atom. The van der Waals surface area contributed by atoms with E-state index < -0.39 is 4.92 Å². The van der Waals surface area contributed by atoms with E-state index in [2.05, 4.69) is 25.3 Å². The predicted octanol–water partition coefficient (Wildman–Crippen LogP) is 2.75. The van der Waals surface area contributed by atoms with Gasteiger partial charge in [-0.3, -0.25) is 10.1 Å². The fourth-order valence-electron chi connectivity index (χ4n) is 0.781. The number of allylic oxidation sites excluding steroid dienone is 1. The number of hydrogen-bond donors (Lipinski definition) is 0. The molecule has 0 radical (unpaired) electrons. The Bertz CT molecular complexity index is 235. The van der Waals surface area contributed by atoms with Crippen LogP contribution in [0.25, 0.3) is 0 Å². The van der Waals surface area contributed by atoms with Gasteiger partial charge >= 0.3 is 0 Å². The minimum Gasteiger partial charge on any atom is -0.259 e. The van der Waals surface area contributed by atoms with Crippen molar-refractivity contribution in [3.05, 3.63) is 22.4 Å². The van der Waals surface area contributed by atoms with Gasteiger partial charge in [-0.2, -0.15) is 0 Å². The molecule has 0 aliphatic heterocycles. The van der Waals surface area contributed by atoms with Crippen molar-refractivity contribution in [2.75, 3.05) is 0 Å². The molecule has 0 heterocycles. The topological polar surface area (TPSA) is 43.1 Å². The normalized spacial score (nSPS) is 8.69. The molecule has 0 amide bonds. The number of rotatable bonds is 5. The Morgan fingerprint density at radius 2 is 2.15 bits per heavy atom. The Labute approximate surface area is 79.0 Å². The van der Waals surface area contributed by atoms with Crippen LogP contribution in [0.1, 0.15) is 39.0 Å². The first kappa shape index (κ1) is 11.7. The van der Waals surface area contributed by atoms with E-state index in [1.54, 1.807) is 0 Å². The standard InChI is InChI=1S/C10H15NO2/c1-3-4-5-6-7-8-9-10(2)11(12)13/h2-6,9H2,1H3. The van der Waals surface area contributed by atoms with Crippen molar-refractivity contribution in [2.24, 2.45) is 0 Å². The molecule has 0 N–H and O–H groups in total. The highest BCUT2D eigenvalue weighted by Crippen LogP contribution is 1.99. The first-order valence-corrected chi connectivity index (χ1v) is 4.46. The zero-order chi connectivity index (χ0) is 10.1. The molecular formula is C10H15NO2. The summed E-state index contributed by atoms with van der Waals surface area (Å²) >= 11 is 0. The highest BCUT2D eigenvalue weighted by molar-refractivity contribution is 5.05. The molecule has 0 fully saturated rings. The lowest BCUT2D eigenvalue weighted by molar-refractivity contribution is -0.425. The molecule has 0 saturated heterocycles. The van der Waals surface area contributed by atoms with E-state index in [1.807, 2.05) is 0 Å². The Morgan fingerprint density at radius 1 is 1.46 bits per heavy atom. The molecule has 0 aromatic carbocycles. The van der Waals surface area contributed by atoms with Crippen LogP contribution >= 0.6 is 0 Å². The van der Waals surface area contributed by atoms with E-state index in [0.717, 1.165) is 12.8 Å². The van der Waals surface area contributed by atoms with Crippen molar-refractivity contribution < 1.29 is 4.92 Å². The monoisotopic (exact) mass is 181 g/mol. The molecule has 0 aliphatic carbocycles. The summed E-state index contributed by atoms with van der Waals surface area (Å²) in [5, 5.41) is 10.1. The average molecular weight is 181 g/mol.